The molecule has 0 unspecified atom stereocenters. The van der Waals surface area contributed by atoms with Gasteiger partial charge in [0.25, 0.3) is 0 Å². The first-order valence-electron chi connectivity index (χ1n) is 6.76. The Kier molecular flexibility index (Phi) is 4.34. The van der Waals surface area contributed by atoms with Crippen molar-refractivity contribution in [3.8, 4) is 0 Å². The number of aryl methyl sites for hydroxylation is 1. The van der Waals surface area contributed by atoms with Gasteiger partial charge in [-0.1, -0.05) is 5.21 Å². The Bertz CT molecular complexity index is 606. The highest BCUT2D eigenvalue weighted by Crippen LogP contribution is 2.14. The summed E-state index contributed by atoms with van der Waals surface area (Å²) in [6.07, 6.45) is 0.949. The molecule has 2 rings (SSSR count). The second-order valence-corrected chi connectivity index (χ2v) is 5.25. The van der Waals surface area contributed by atoms with Crippen molar-refractivity contribution in [2.24, 2.45) is 0 Å². The number of benzene rings is 1. The molecule has 6 nitrogen and oxygen atoms in total. The lowest BCUT2D eigenvalue weighted by Gasteiger charge is -2.20. The van der Waals surface area contributed by atoms with Crippen LogP contribution >= 0.6 is 0 Å². The van der Waals surface area contributed by atoms with Crippen LogP contribution in [0.3, 0.4) is 0 Å². The molecule has 0 radical (unpaired) electrons. The fraction of sp³-hybridized carbons (Fsp3) is 0.500. The molecule has 1 aromatic carbocycles. The van der Waals surface area contributed by atoms with Crippen molar-refractivity contribution in [2.45, 2.75) is 32.9 Å². The van der Waals surface area contributed by atoms with Crippen molar-refractivity contribution in [2.75, 3.05) is 13.6 Å². The van der Waals surface area contributed by atoms with E-state index >= 15 is 0 Å². The van der Waals surface area contributed by atoms with Gasteiger partial charge in [0, 0.05) is 12.6 Å². The van der Waals surface area contributed by atoms with Crippen LogP contribution in [0, 0.1) is 0 Å². The van der Waals surface area contributed by atoms with Gasteiger partial charge in [0.15, 0.2) is 0 Å². The van der Waals surface area contributed by atoms with Crippen LogP contribution in [0.25, 0.3) is 11.0 Å². The molecule has 0 atom stereocenters. The zero-order valence-electron chi connectivity index (χ0n) is 12.1. The third-order valence-electron chi connectivity index (χ3n) is 3.52. The summed E-state index contributed by atoms with van der Waals surface area (Å²) in [5, 5.41) is 17.2. The number of carbonyl (C=O) groups is 1. The molecule has 2 aromatic rings. The summed E-state index contributed by atoms with van der Waals surface area (Å²) in [5.41, 5.74) is 1.77. The Balaban J connectivity index is 2.10. The maximum atomic E-state index is 11.0. The number of aromatic nitrogens is 3. The van der Waals surface area contributed by atoms with Crippen LogP contribution in [0.4, 0.5) is 0 Å². The Morgan fingerprint density at radius 1 is 1.45 bits per heavy atom. The average Bonchev–Trinajstić information content (AvgIpc) is 2.81. The molecule has 0 saturated heterocycles. The first-order valence-corrected chi connectivity index (χ1v) is 6.76. The molecule has 0 saturated carbocycles. The molecular weight excluding hydrogens is 256 g/mol. The molecule has 0 aliphatic heterocycles. The van der Waals surface area contributed by atoms with Gasteiger partial charge in [0.2, 0.25) is 0 Å². The highest BCUT2D eigenvalue weighted by atomic mass is 16.4. The first-order chi connectivity index (χ1) is 9.49. The maximum absolute atomic E-state index is 11.0. The van der Waals surface area contributed by atoms with E-state index < -0.39 is 5.97 Å². The van der Waals surface area contributed by atoms with E-state index in [1.165, 1.54) is 0 Å². The summed E-state index contributed by atoms with van der Waals surface area (Å²) in [4.78, 5) is 13.3. The van der Waals surface area contributed by atoms with E-state index in [0.717, 1.165) is 30.5 Å². The highest BCUT2D eigenvalue weighted by Gasteiger charge is 2.09. The van der Waals surface area contributed by atoms with Crippen LogP contribution in [0.15, 0.2) is 18.2 Å². The van der Waals surface area contributed by atoms with E-state index in [9.17, 15) is 4.79 Å². The number of carboxylic acid groups (broad SMARTS) is 1. The summed E-state index contributed by atoms with van der Waals surface area (Å²) in [5.74, 6) is -0.931. The smallest absolute Gasteiger partial charge is 0.335 e. The van der Waals surface area contributed by atoms with Crippen molar-refractivity contribution in [1.29, 1.82) is 0 Å². The summed E-state index contributed by atoms with van der Waals surface area (Å²) in [6.45, 7) is 6.02. The van der Waals surface area contributed by atoms with Crippen molar-refractivity contribution in [3.05, 3.63) is 23.8 Å². The van der Waals surface area contributed by atoms with Gasteiger partial charge in [0.05, 0.1) is 11.1 Å². The number of nitrogens with zero attached hydrogens (tertiary/aromatic N) is 4. The third kappa shape index (κ3) is 3.14. The van der Waals surface area contributed by atoms with E-state index in [1.807, 2.05) is 0 Å². The number of rotatable bonds is 6. The first kappa shape index (κ1) is 14.5. The quantitative estimate of drug-likeness (QED) is 0.872. The summed E-state index contributed by atoms with van der Waals surface area (Å²) in [7, 11) is 2.09. The van der Waals surface area contributed by atoms with E-state index in [4.69, 9.17) is 5.11 Å². The van der Waals surface area contributed by atoms with Crippen LogP contribution in [-0.2, 0) is 6.54 Å². The van der Waals surface area contributed by atoms with Crippen LogP contribution in [0.1, 0.15) is 30.6 Å². The SMILES string of the molecule is CC(C)N(C)CCCn1nnc2ccc(C(=O)O)cc21. The number of carboxylic acids is 1. The lowest BCUT2D eigenvalue weighted by Crippen LogP contribution is -2.28. The minimum Gasteiger partial charge on any atom is -0.478 e. The van der Waals surface area contributed by atoms with Crippen LogP contribution in [-0.4, -0.2) is 50.6 Å². The lowest BCUT2D eigenvalue weighted by molar-refractivity contribution is 0.0697. The Morgan fingerprint density at radius 3 is 2.85 bits per heavy atom. The van der Waals surface area contributed by atoms with Crippen LogP contribution < -0.4 is 0 Å². The van der Waals surface area contributed by atoms with Gasteiger partial charge in [0.1, 0.15) is 5.52 Å². The largest absolute Gasteiger partial charge is 0.478 e. The van der Waals surface area contributed by atoms with E-state index in [0.29, 0.717) is 6.04 Å². The number of aromatic carboxylic acids is 1. The fourth-order valence-corrected chi connectivity index (χ4v) is 1.99. The number of fused-ring (bicyclic) bond motifs is 1. The zero-order chi connectivity index (χ0) is 14.7. The molecule has 1 N–H and O–H groups in total. The molecule has 0 aliphatic rings. The highest BCUT2D eigenvalue weighted by molar-refractivity contribution is 5.92. The second kappa shape index (κ2) is 6.00. The van der Waals surface area contributed by atoms with Gasteiger partial charge < -0.3 is 10.0 Å². The number of hydrogen-bond acceptors (Lipinski definition) is 4. The normalized spacial score (nSPS) is 11.7. The maximum Gasteiger partial charge on any atom is 0.335 e. The predicted octanol–water partition coefficient (Wildman–Crippen LogP) is 1.86. The zero-order valence-corrected chi connectivity index (χ0v) is 12.1. The summed E-state index contributed by atoms with van der Waals surface area (Å²) in [6, 6.07) is 5.39. The molecule has 0 spiro atoms. The van der Waals surface area contributed by atoms with Crippen molar-refractivity contribution >= 4 is 17.0 Å². The van der Waals surface area contributed by atoms with Crippen molar-refractivity contribution < 1.29 is 9.90 Å². The second-order valence-electron chi connectivity index (χ2n) is 5.25. The van der Waals surface area contributed by atoms with Crippen molar-refractivity contribution in [1.82, 2.24) is 19.9 Å². The molecule has 6 heteroatoms. The molecule has 0 fully saturated rings. The molecule has 20 heavy (non-hydrogen) atoms. The van der Waals surface area contributed by atoms with Gasteiger partial charge >= 0.3 is 5.97 Å². The van der Waals surface area contributed by atoms with Crippen molar-refractivity contribution in [3.63, 3.8) is 0 Å². The third-order valence-corrected chi connectivity index (χ3v) is 3.52. The van der Waals surface area contributed by atoms with E-state index in [1.54, 1.807) is 22.9 Å². The average molecular weight is 276 g/mol. The molecule has 1 aromatic heterocycles. The Hall–Kier alpha value is -1.95. The van der Waals surface area contributed by atoms with Gasteiger partial charge in [-0.2, -0.15) is 0 Å². The molecule has 108 valence electrons. The van der Waals surface area contributed by atoms with Gasteiger partial charge in [-0.05, 0) is 52.1 Å². The van der Waals surface area contributed by atoms with Gasteiger partial charge in [-0.3, -0.25) is 0 Å². The summed E-state index contributed by atoms with van der Waals surface area (Å²) >= 11 is 0. The molecule has 0 amide bonds. The lowest BCUT2D eigenvalue weighted by atomic mass is 10.2. The Morgan fingerprint density at radius 2 is 2.20 bits per heavy atom. The van der Waals surface area contributed by atoms with Crippen LogP contribution in [0.5, 0.6) is 0 Å². The van der Waals surface area contributed by atoms with Crippen LogP contribution in [0.2, 0.25) is 0 Å². The minimum atomic E-state index is -0.931. The van der Waals surface area contributed by atoms with Gasteiger partial charge in [-0.25, -0.2) is 9.48 Å². The van der Waals surface area contributed by atoms with E-state index in [2.05, 4.69) is 36.1 Å². The number of hydrogen-bond donors (Lipinski definition) is 1. The fourth-order valence-electron chi connectivity index (χ4n) is 1.99. The topological polar surface area (TPSA) is 71.2 Å². The summed E-state index contributed by atoms with van der Waals surface area (Å²) < 4.78 is 1.77. The minimum absolute atomic E-state index is 0.264. The predicted molar refractivity (Wildman–Crippen MR) is 76.9 cm³/mol. The van der Waals surface area contributed by atoms with E-state index in [-0.39, 0.29) is 5.56 Å². The monoisotopic (exact) mass is 276 g/mol. The molecule has 1 heterocycles. The Labute approximate surface area is 118 Å². The van der Waals surface area contributed by atoms with Gasteiger partial charge in [-0.15, -0.1) is 5.10 Å². The standard InChI is InChI=1S/C14H20N4O2/c1-10(2)17(3)7-4-8-18-13-9-11(14(19)20)5-6-12(13)15-16-18/h5-6,9-10H,4,7-8H2,1-3H3,(H,19,20). The molecule has 0 bridgehead atoms. The molecule has 0 aliphatic carbocycles. The molecular formula is C14H20N4O2.